The summed E-state index contributed by atoms with van der Waals surface area (Å²) < 4.78 is 3.41. The minimum atomic E-state index is 0.0347. The van der Waals surface area contributed by atoms with E-state index in [1.807, 2.05) is 25.4 Å². The molecule has 0 spiro atoms. The third-order valence-electron chi connectivity index (χ3n) is 2.98. The van der Waals surface area contributed by atoms with Crippen molar-refractivity contribution in [2.45, 2.75) is 26.8 Å². The van der Waals surface area contributed by atoms with Crippen molar-refractivity contribution in [3.63, 3.8) is 0 Å². The van der Waals surface area contributed by atoms with Crippen molar-refractivity contribution in [3.05, 3.63) is 34.5 Å². The maximum atomic E-state index is 12.2. The first kappa shape index (κ1) is 12.4. The summed E-state index contributed by atoms with van der Waals surface area (Å²) in [4.78, 5) is 12.2. The van der Waals surface area contributed by atoms with Crippen LogP contribution >= 0.6 is 15.9 Å². The molecule has 17 heavy (non-hydrogen) atoms. The summed E-state index contributed by atoms with van der Waals surface area (Å²) in [5.74, 6) is 0.485. The quantitative estimate of drug-likeness (QED) is 0.812. The smallest absolute Gasteiger partial charge is 0.276 e. The molecule has 0 aliphatic carbocycles. The van der Waals surface area contributed by atoms with E-state index in [0.29, 0.717) is 11.4 Å². The molecule has 4 nitrogen and oxygen atoms in total. The normalized spacial score (nSPS) is 13.1. The minimum absolute atomic E-state index is 0.0347. The molecule has 2 heterocycles. The van der Waals surface area contributed by atoms with Crippen molar-refractivity contribution in [1.82, 2.24) is 14.2 Å². The van der Waals surface area contributed by atoms with Gasteiger partial charge in [-0.15, -0.1) is 0 Å². The Morgan fingerprint density at radius 3 is 2.88 bits per heavy atom. The molecule has 0 aliphatic rings. The van der Waals surface area contributed by atoms with Gasteiger partial charge in [0.05, 0.1) is 5.69 Å². The number of nitrogens with zero attached hydrogens (tertiary/aromatic N) is 3. The van der Waals surface area contributed by atoms with Crippen molar-refractivity contribution in [2.24, 2.45) is 5.92 Å². The Hall–Kier alpha value is -1.10. The van der Waals surface area contributed by atoms with E-state index in [1.165, 1.54) is 0 Å². The van der Waals surface area contributed by atoms with Gasteiger partial charge in [0.1, 0.15) is 5.52 Å². The van der Waals surface area contributed by atoms with E-state index >= 15 is 0 Å². The third kappa shape index (κ3) is 2.44. The Bertz CT molecular complexity index is 569. The average Bonchev–Trinajstić information content (AvgIpc) is 2.70. The van der Waals surface area contributed by atoms with Gasteiger partial charge in [-0.3, -0.25) is 4.79 Å². The Morgan fingerprint density at radius 2 is 2.24 bits per heavy atom. The van der Waals surface area contributed by atoms with Gasteiger partial charge in [-0.2, -0.15) is 5.10 Å². The highest BCUT2D eigenvalue weighted by Crippen LogP contribution is 2.09. The molecule has 92 valence electrons. The summed E-state index contributed by atoms with van der Waals surface area (Å²) in [6, 6.07) is 1.83. The van der Waals surface area contributed by atoms with Gasteiger partial charge in [0.15, 0.2) is 0 Å². The van der Waals surface area contributed by atoms with Crippen molar-refractivity contribution in [2.75, 3.05) is 5.33 Å². The van der Waals surface area contributed by atoms with Gasteiger partial charge >= 0.3 is 0 Å². The molecule has 0 saturated heterocycles. The Labute approximate surface area is 108 Å². The molecule has 0 amide bonds. The molecule has 2 rings (SSSR count). The largest absolute Gasteiger partial charge is 0.312 e. The lowest BCUT2D eigenvalue weighted by molar-refractivity contribution is 0.468. The van der Waals surface area contributed by atoms with E-state index in [2.05, 4.69) is 28.0 Å². The minimum Gasteiger partial charge on any atom is -0.312 e. The monoisotopic (exact) mass is 297 g/mol. The lowest BCUT2D eigenvalue weighted by Crippen LogP contribution is -2.25. The summed E-state index contributed by atoms with van der Waals surface area (Å²) in [5, 5.41) is 5.14. The number of aryl methyl sites for hydroxylation is 1. The summed E-state index contributed by atoms with van der Waals surface area (Å²) >= 11 is 3.48. The van der Waals surface area contributed by atoms with E-state index in [1.54, 1.807) is 9.08 Å². The predicted octanol–water partition coefficient (Wildman–Crippen LogP) is 2.23. The Morgan fingerprint density at radius 1 is 1.47 bits per heavy atom. The number of rotatable bonds is 4. The van der Waals surface area contributed by atoms with Gasteiger partial charge in [0, 0.05) is 24.3 Å². The number of alkyl halides is 1. The number of hydrogen-bond donors (Lipinski definition) is 0. The van der Waals surface area contributed by atoms with E-state index in [0.717, 1.165) is 24.0 Å². The van der Waals surface area contributed by atoms with Crippen LogP contribution in [0.5, 0.6) is 0 Å². The second-order valence-corrected chi connectivity index (χ2v) is 4.95. The third-order valence-corrected chi connectivity index (χ3v) is 3.89. The van der Waals surface area contributed by atoms with Crippen molar-refractivity contribution < 1.29 is 0 Å². The number of aromatic nitrogens is 3. The second-order valence-electron chi connectivity index (χ2n) is 4.30. The van der Waals surface area contributed by atoms with Crippen molar-refractivity contribution in [1.29, 1.82) is 0 Å². The van der Waals surface area contributed by atoms with Gasteiger partial charge in [-0.1, -0.05) is 29.3 Å². The fourth-order valence-electron chi connectivity index (χ4n) is 1.86. The molecule has 0 fully saturated rings. The van der Waals surface area contributed by atoms with Gasteiger partial charge in [0.25, 0.3) is 5.56 Å². The molecule has 1 unspecified atom stereocenters. The SMILES string of the molecule is CCC(CBr)Cn1ccn2nc(C)cc2c1=O. The molecule has 0 bridgehead atoms. The lowest BCUT2D eigenvalue weighted by atomic mass is 10.1. The molecule has 0 radical (unpaired) electrons. The fraction of sp³-hybridized carbons (Fsp3) is 0.500. The van der Waals surface area contributed by atoms with Gasteiger partial charge in [-0.25, -0.2) is 4.52 Å². The maximum Gasteiger partial charge on any atom is 0.276 e. The van der Waals surface area contributed by atoms with Crippen molar-refractivity contribution >= 4 is 21.4 Å². The maximum absolute atomic E-state index is 12.2. The van der Waals surface area contributed by atoms with Crippen LogP contribution in [-0.4, -0.2) is 19.5 Å². The zero-order chi connectivity index (χ0) is 12.4. The summed E-state index contributed by atoms with van der Waals surface area (Å²) in [6.07, 6.45) is 4.71. The van der Waals surface area contributed by atoms with Crippen LogP contribution in [0.1, 0.15) is 19.0 Å². The molecular weight excluding hydrogens is 282 g/mol. The van der Waals surface area contributed by atoms with Crippen LogP contribution in [0.4, 0.5) is 0 Å². The number of halogens is 1. The van der Waals surface area contributed by atoms with Crippen LogP contribution in [0.25, 0.3) is 5.52 Å². The van der Waals surface area contributed by atoms with Gasteiger partial charge < -0.3 is 4.57 Å². The molecule has 2 aromatic heterocycles. The van der Waals surface area contributed by atoms with Gasteiger partial charge in [0.2, 0.25) is 0 Å². The van der Waals surface area contributed by atoms with Gasteiger partial charge in [-0.05, 0) is 18.9 Å². The topological polar surface area (TPSA) is 39.3 Å². The van der Waals surface area contributed by atoms with Crippen LogP contribution in [0.15, 0.2) is 23.3 Å². The summed E-state index contributed by atoms with van der Waals surface area (Å²) in [5.41, 5.74) is 1.55. The fourth-order valence-corrected chi connectivity index (χ4v) is 2.52. The van der Waals surface area contributed by atoms with Crippen LogP contribution in [0.3, 0.4) is 0 Å². The highest BCUT2D eigenvalue weighted by molar-refractivity contribution is 9.09. The van der Waals surface area contributed by atoms with Crippen molar-refractivity contribution in [3.8, 4) is 0 Å². The Kier molecular flexibility index (Phi) is 3.66. The molecule has 5 heteroatoms. The van der Waals surface area contributed by atoms with Crippen LogP contribution in [0.2, 0.25) is 0 Å². The van der Waals surface area contributed by atoms with Crippen LogP contribution in [0, 0.1) is 12.8 Å². The Balaban J connectivity index is 2.42. The molecule has 0 N–H and O–H groups in total. The molecule has 0 aliphatic heterocycles. The van der Waals surface area contributed by atoms with E-state index in [-0.39, 0.29) is 5.56 Å². The first-order valence-electron chi connectivity index (χ1n) is 5.77. The number of fused-ring (bicyclic) bond motifs is 1. The molecule has 2 aromatic rings. The van der Waals surface area contributed by atoms with E-state index in [4.69, 9.17) is 0 Å². The lowest BCUT2D eigenvalue weighted by Gasteiger charge is -2.13. The zero-order valence-corrected chi connectivity index (χ0v) is 11.6. The highest BCUT2D eigenvalue weighted by Gasteiger charge is 2.09. The molecule has 0 aromatic carbocycles. The summed E-state index contributed by atoms with van der Waals surface area (Å²) in [7, 11) is 0. The average molecular weight is 298 g/mol. The zero-order valence-electron chi connectivity index (χ0n) is 10.1. The highest BCUT2D eigenvalue weighted by atomic mass is 79.9. The summed E-state index contributed by atoms with van der Waals surface area (Å²) in [6.45, 7) is 4.78. The van der Waals surface area contributed by atoms with Crippen LogP contribution in [-0.2, 0) is 6.54 Å². The molecule has 0 saturated carbocycles. The molecular formula is C12H16BrN3O. The molecule has 1 atom stereocenters. The second kappa shape index (κ2) is 5.04. The predicted molar refractivity (Wildman–Crippen MR) is 71.8 cm³/mol. The van der Waals surface area contributed by atoms with Crippen LogP contribution < -0.4 is 5.56 Å². The van der Waals surface area contributed by atoms with E-state index in [9.17, 15) is 4.79 Å². The first-order chi connectivity index (χ1) is 8.15. The first-order valence-corrected chi connectivity index (χ1v) is 6.89. The standard InChI is InChI=1S/C12H16BrN3O/c1-3-10(7-13)8-15-4-5-16-11(12(15)17)6-9(2)14-16/h4-6,10H,3,7-8H2,1-2H3. The van der Waals surface area contributed by atoms with E-state index < -0.39 is 0 Å². The number of hydrogen-bond acceptors (Lipinski definition) is 2.